The van der Waals surface area contributed by atoms with Crippen LogP contribution in [0.1, 0.15) is 41.8 Å². The van der Waals surface area contributed by atoms with Crippen LogP contribution in [0.3, 0.4) is 0 Å². The molecule has 3 heterocycles. The SMILES string of the molecule is Cc1ccccc1/C(C1=CCN(Cc2ccccc2)CC1)=C(\OC=O)C(C)n1nc(C)c2c(N)ncnc21. The zero-order valence-electron chi connectivity index (χ0n) is 22.0. The van der Waals surface area contributed by atoms with Gasteiger partial charge in [-0.05, 0) is 49.5 Å². The Balaban J connectivity index is 1.60. The Morgan fingerprint density at radius 2 is 1.87 bits per heavy atom. The molecule has 0 aliphatic carbocycles. The molecule has 1 aliphatic rings. The summed E-state index contributed by atoms with van der Waals surface area (Å²) < 4.78 is 7.57. The number of fused-ring (bicyclic) bond motifs is 1. The van der Waals surface area contributed by atoms with Gasteiger partial charge in [-0.3, -0.25) is 9.69 Å². The van der Waals surface area contributed by atoms with Crippen molar-refractivity contribution in [3.05, 3.63) is 101 Å². The van der Waals surface area contributed by atoms with Gasteiger partial charge in [0.25, 0.3) is 6.47 Å². The highest BCUT2D eigenvalue weighted by molar-refractivity contribution is 5.88. The van der Waals surface area contributed by atoms with E-state index in [-0.39, 0.29) is 0 Å². The first-order valence-corrected chi connectivity index (χ1v) is 12.8. The molecule has 0 radical (unpaired) electrons. The molecule has 5 rings (SSSR count). The minimum atomic E-state index is -0.427. The number of nitrogens with two attached hydrogens (primary N) is 1. The molecule has 1 aliphatic heterocycles. The quantitative estimate of drug-likeness (QED) is 0.264. The molecule has 38 heavy (non-hydrogen) atoms. The van der Waals surface area contributed by atoms with Crippen molar-refractivity contribution >= 4 is 28.9 Å². The minimum Gasteiger partial charge on any atom is -0.430 e. The van der Waals surface area contributed by atoms with Crippen molar-refractivity contribution < 1.29 is 9.53 Å². The van der Waals surface area contributed by atoms with Gasteiger partial charge in [0.1, 0.15) is 23.9 Å². The first-order valence-electron chi connectivity index (χ1n) is 12.8. The number of ether oxygens (including phenoxy) is 1. The normalized spacial score (nSPS) is 15.6. The standard InChI is InChI=1S/C30H32N6O2/c1-20-9-7-8-12-25(20)27(24-13-15-35(16-14-24)17-23-10-5-4-6-11-23)28(38-19-37)22(3)36-30-26(21(2)34-36)29(31)32-18-33-30/h4-13,18-19,22H,14-17H2,1-3H3,(H2,31,32,33)/b28-27-. The number of rotatable bonds is 8. The highest BCUT2D eigenvalue weighted by atomic mass is 16.5. The Hall–Kier alpha value is -4.30. The van der Waals surface area contributed by atoms with Crippen LogP contribution in [0.25, 0.3) is 16.6 Å². The third-order valence-electron chi connectivity index (χ3n) is 7.14. The Bertz CT molecular complexity index is 1520. The van der Waals surface area contributed by atoms with E-state index in [0.29, 0.717) is 29.1 Å². The number of nitrogen functional groups attached to an aromatic ring is 1. The van der Waals surface area contributed by atoms with Crippen LogP contribution in [-0.4, -0.2) is 44.2 Å². The Labute approximate surface area is 222 Å². The van der Waals surface area contributed by atoms with E-state index in [4.69, 9.17) is 15.6 Å². The lowest BCUT2D eigenvalue weighted by Gasteiger charge is -2.29. The molecule has 8 nitrogen and oxygen atoms in total. The number of hydrogen-bond donors (Lipinski definition) is 1. The van der Waals surface area contributed by atoms with Crippen molar-refractivity contribution in [3.8, 4) is 0 Å². The first-order chi connectivity index (χ1) is 18.5. The van der Waals surface area contributed by atoms with Crippen molar-refractivity contribution in [2.75, 3.05) is 18.8 Å². The summed E-state index contributed by atoms with van der Waals surface area (Å²) in [5, 5.41) is 5.44. The number of carbonyl (C=O) groups is 1. The number of nitrogens with zero attached hydrogens (tertiary/aromatic N) is 5. The third kappa shape index (κ3) is 4.95. The van der Waals surface area contributed by atoms with E-state index >= 15 is 0 Å². The zero-order valence-corrected chi connectivity index (χ0v) is 22.0. The van der Waals surface area contributed by atoms with E-state index in [9.17, 15) is 4.79 Å². The van der Waals surface area contributed by atoms with Crippen LogP contribution in [0.5, 0.6) is 0 Å². The second kappa shape index (κ2) is 11.0. The second-order valence-corrected chi connectivity index (χ2v) is 9.63. The molecule has 0 amide bonds. The predicted octanol–water partition coefficient (Wildman–Crippen LogP) is 5.00. The molecule has 2 aromatic carbocycles. The fourth-order valence-electron chi connectivity index (χ4n) is 5.21. The Morgan fingerprint density at radius 1 is 1.11 bits per heavy atom. The van der Waals surface area contributed by atoms with Crippen LogP contribution in [0, 0.1) is 13.8 Å². The van der Waals surface area contributed by atoms with E-state index in [1.54, 1.807) is 4.68 Å². The molecule has 8 heteroatoms. The van der Waals surface area contributed by atoms with E-state index in [1.165, 1.54) is 11.9 Å². The van der Waals surface area contributed by atoms with Crippen molar-refractivity contribution in [1.29, 1.82) is 0 Å². The largest absolute Gasteiger partial charge is 0.430 e. The average Bonchev–Trinajstić information content (AvgIpc) is 3.28. The number of anilines is 1. The molecule has 2 N–H and O–H groups in total. The maximum absolute atomic E-state index is 11.9. The molecule has 0 saturated heterocycles. The summed E-state index contributed by atoms with van der Waals surface area (Å²) in [5.41, 5.74) is 13.0. The highest BCUT2D eigenvalue weighted by Gasteiger charge is 2.27. The summed E-state index contributed by atoms with van der Waals surface area (Å²) in [6.07, 6.45) is 4.50. The molecule has 0 saturated carbocycles. The van der Waals surface area contributed by atoms with Gasteiger partial charge in [0.15, 0.2) is 5.65 Å². The number of aryl methyl sites for hydroxylation is 2. The topological polar surface area (TPSA) is 99.2 Å². The maximum Gasteiger partial charge on any atom is 0.298 e. The van der Waals surface area contributed by atoms with Crippen LogP contribution in [-0.2, 0) is 16.1 Å². The fraction of sp³-hybridized carbons (Fsp3) is 0.267. The van der Waals surface area contributed by atoms with Crippen molar-refractivity contribution in [3.63, 3.8) is 0 Å². The fourth-order valence-corrected chi connectivity index (χ4v) is 5.21. The Kier molecular flexibility index (Phi) is 7.33. The molecular formula is C30H32N6O2. The molecule has 0 spiro atoms. The monoisotopic (exact) mass is 508 g/mol. The van der Waals surface area contributed by atoms with Gasteiger partial charge < -0.3 is 10.5 Å². The van der Waals surface area contributed by atoms with Crippen LogP contribution in [0.2, 0.25) is 0 Å². The summed E-state index contributed by atoms with van der Waals surface area (Å²) in [6, 6.07) is 18.2. The van der Waals surface area contributed by atoms with Gasteiger partial charge in [-0.15, -0.1) is 0 Å². The van der Waals surface area contributed by atoms with E-state index < -0.39 is 6.04 Å². The lowest BCUT2D eigenvalue weighted by Crippen LogP contribution is -2.29. The lowest BCUT2D eigenvalue weighted by molar-refractivity contribution is -0.125. The summed E-state index contributed by atoms with van der Waals surface area (Å²) in [6.45, 7) is 9.00. The van der Waals surface area contributed by atoms with Gasteiger partial charge in [0.05, 0.1) is 11.1 Å². The molecule has 1 atom stereocenters. The predicted molar refractivity (Wildman–Crippen MR) is 149 cm³/mol. The molecule has 1 unspecified atom stereocenters. The highest BCUT2D eigenvalue weighted by Crippen LogP contribution is 2.38. The van der Waals surface area contributed by atoms with Gasteiger partial charge in [-0.2, -0.15) is 5.10 Å². The smallest absolute Gasteiger partial charge is 0.298 e. The first kappa shape index (κ1) is 25.4. The molecule has 2 aromatic heterocycles. The lowest BCUT2D eigenvalue weighted by atomic mass is 9.88. The number of carbonyl (C=O) groups excluding carboxylic acids is 1. The number of aromatic nitrogens is 4. The van der Waals surface area contributed by atoms with Crippen LogP contribution < -0.4 is 5.73 Å². The zero-order chi connectivity index (χ0) is 26.6. The summed E-state index contributed by atoms with van der Waals surface area (Å²) in [4.78, 5) is 22.9. The van der Waals surface area contributed by atoms with Crippen molar-refractivity contribution in [1.82, 2.24) is 24.6 Å². The van der Waals surface area contributed by atoms with Gasteiger partial charge in [0.2, 0.25) is 0 Å². The number of benzene rings is 2. The van der Waals surface area contributed by atoms with Gasteiger partial charge in [0, 0.05) is 25.2 Å². The van der Waals surface area contributed by atoms with E-state index in [2.05, 4.69) is 64.3 Å². The van der Waals surface area contributed by atoms with E-state index in [1.807, 2.05) is 32.0 Å². The van der Waals surface area contributed by atoms with Gasteiger partial charge in [-0.1, -0.05) is 60.7 Å². The van der Waals surface area contributed by atoms with Crippen LogP contribution in [0.15, 0.2) is 78.3 Å². The second-order valence-electron chi connectivity index (χ2n) is 9.63. The summed E-state index contributed by atoms with van der Waals surface area (Å²) in [7, 11) is 0. The van der Waals surface area contributed by atoms with Crippen LogP contribution in [0.4, 0.5) is 5.82 Å². The third-order valence-corrected chi connectivity index (χ3v) is 7.14. The summed E-state index contributed by atoms with van der Waals surface area (Å²) >= 11 is 0. The molecule has 0 bridgehead atoms. The van der Waals surface area contributed by atoms with Crippen molar-refractivity contribution in [2.24, 2.45) is 0 Å². The average molecular weight is 509 g/mol. The van der Waals surface area contributed by atoms with Crippen molar-refractivity contribution in [2.45, 2.75) is 39.8 Å². The van der Waals surface area contributed by atoms with Gasteiger partial charge in [-0.25, -0.2) is 14.6 Å². The number of hydrogen-bond acceptors (Lipinski definition) is 7. The Morgan fingerprint density at radius 3 is 2.58 bits per heavy atom. The van der Waals surface area contributed by atoms with Gasteiger partial charge >= 0.3 is 0 Å². The minimum absolute atomic E-state index is 0.375. The van der Waals surface area contributed by atoms with E-state index in [0.717, 1.165) is 54.0 Å². The summed E-state index contributed by atoms with van der Waals surface area (Å²) in [5.74, 6) is 0.902. The molecule has 4 aromatic rings. The number of allylic oxidation sites excluding steroid dienone is 2. The molecule has 194 valence electrons. The molecular weight excluding hydrogens is 476 g/mol. The molecule has 0 fully saturated rings. The maximum atomic E-state index is 11.9. The van der Waals surface area contributed by atoms with Crippen LogP contribution >= 0.6 is 0 Å².